The van der Waals surface area contributed by atoms with E-state index in [1.165, 1.54) is 51.4 Å². The van der Waals surface area contributed by atoms with Crippen LogP contribution in [0.5, 0.6) is 0 Å². The van der Waals surface area contributed by atoms with E-state index >= 15 is 0 Å². The average molecular weight is 414 g/mol. The van der Waals surface area contributed by atoms with Gasteiger partial charge in [0, 0.05) is 12.5 Å². The fraction of sp³-hybridized carbons (Fsp3) is 0.826. The number of carbonyl (C=O) groups is 2. The summed E-state index contributed by atoms with van der Waals surface area (Å²) in [5.41, 5.74) is 0. The number of aliphatic hydroxyl groups is 2. The molecule has 0 aliphatic rings. The number of hydrogen-bond donors (Lipinski definition) is 2. The summed E-state index contributed by atoms with van der Waals surface area (Å²) in [7, 11) is 5.40. The molecule has 2 N–H and O–H groups in total. The summed E-state index contributed by atoms with van der Waals surface area (Å²) in [4.78, 5) is 23.3. The molecule has 0 amide bonds. The zero-order valence-electron chi connectivity index (χ0n) is 19.0. The summed E-state index contributed by atoms with van der Waals surface area (Å²) < 4.78 is 0.324. The molecule has 0 aromatic carbocycles. The normalized spacial score (nSPS) is 14.6. The van der Waals surface area contributed by atoms with Gasteiger partial charge in [0.1, 0.15) is 18.4 Å². The summed E-state index contributed by atoms with van der Waals surface area (Å²) in [5.74, 6) is -4.11. The summed E-state index contributed by atoms with van der Waals surface area (Å²) in [6.07, 6.45) is 12.9. The lowest BCUT2D eigenvalue weighted by molar-refractivity contribution is -0.873. The maximum absolute atomic E-state index is 12.0. The number of rotatable bonds is 18. The van der Waals surface area contributed by atoms with Gasteiger partial charge in [0.25, 0.3) is 0 Å². The van der Waals surface area contributed by atoms with E-state index in [4.69, 9.17) is 0 Å². The molecule has 6 nitrogen and oxygen atoms in total. The van der Waals surface area contributed by atoms with Crippen LogP contribution >= 0.6 is 0 Å². The second kappa shape index (κ2) is 15.4. The number of hydrogen-bond acceptors (Lipinski definition) is 5. The SMILES string of the molecule is CCCCCCCCCCCCCC(=O)/C=C(\O)C(C(=O)[O-])C(O)C[N+](C)(C)C. The summed E-state index contributed by atoms with van der Waals surface area (Å²) in [6.45, 7) is 2.34. The molecule has 0 heterocycles. The van der Waals surface area contributed by atoms with Gasteiger partial charge in [0.2, 0.25) is 0 Å². The number of nitrogens with zero attached hydrogens (tertiary/aromatic N) is 1. The number of carboxylic acid groups (broad SMARTS) is 1. The van der Waals surface area contributed by atoms with Crippen molar-refractivity contribution in [1.82, 2.24) is 0 Å². The van der Waals surface area contributed by atoms with Gasteiger partial charge in [-0.2, -0.15) is 0 Å². The molecule has 0 rings (SSSR count). The van der Waals surface area contributed by atoms with Crippen LogP contribution in [0.4, 0.5) is 0 Å². The van der Waals surface area contributed by atoms with E-state index in [1.54, 1.807) is 21.1 Å². The van der Waals surface area contributed by atoms with Gasteiger partial charge >= 0.3 is 0 Å². The number of carbonyl (C=O) groups excluding carboxylic acids is 2. The van der Waals surface area contributed by atoms with Gasteiger partial charge in [0.05, 0.1) is 33.0 Å². The smallest absolute Gasteiger partial charge is 0.159 e. The van der Waals surface area contributed by atoms with Crippen LogP contribution in [-0.2, 0) is 9.59 Å². The highest BCUT2D eigenvalue weighted by Gasteiger charge is 2.29. The largest absolute Gasteiger partial charge is 0.549 e. The highest BCUT2D eigenvalue weighted by atomic mass is 16.4. The lowest BCUT2D eigenvalue weighted by Crippen LogP contribution is -2.49. The zero-order chi connectivity index (χ0) is 22.3. The number of aliphatic carboxylic acids is 1. The Balaban J connectivity index is 4.13. The van der Waals surface area contributed by atoms with Gasteiger partial charge in [-0.05, 0) is 6.42 Å². The number of likely N-dealkylation sites (N-methyl/N-ethyl adjacent to an activating group) is 1. The van der Waals surface area contributed by atoms with Crippen molar-refractivity contribution in [2.75, 3.05) is 27.7 Å². The molecule has 0 aromatic rings. The van der Waals surface area contributed by atoms with Crippen molar-refractivity contribution in [3.63, 3.8) is 0 Å². The third-order valence-corrected chi connectivity index (χ3v) is 5.03. The van der Waals surface area contributed by atoms with Crippen LogP contribution in [0.25, 0.3) is 0 Å². The van der Waals surface area contributed by atoms with Gasteiger partial charge in [-0.3, -0.25) is 4.79 Å². The van der Waals surface area contributed by atoms with E-state index in [1.807, 2.05) is 0 Å². The monoisotopic (exact) mass is 413 g/mol. The zero-order valence-corrected chi connectivity index (χ0v) is 19.0. The Labute approximate surface area is 177 Å². The molecule has 0 spiro atoms. The molecule has 2 atom stereocenters. The van der Waals surface area contributed by atoms with Crippen molar-refractivity contribution in [2.24, 2.45) is 5.92 Å². The average Bonchev–Trinajstić information content (AvgIpc) is 2.57. The van der Waals surface area contributed by atoms with Crippen molar-refractivity contribution in [2.45, 2.75) is 90.1 Å². The predicted molar refractivity (Wildman–Crippen MR) is 114 cm³/mol. The Morgan fingerprint density at radius 3 is 1.76 bits per heavy atom. The predicted octanol–water partition coefficient (Wildman–Crippen LogP) is 3.13. The molecule has 6 heteroatoms. The molecular weight excluding hydrogens is 370 g/mol. The van der Waals surface area contributed by atoms with Crippen LogP contribution in [0, 0.1) is 5.92 Å². The van der Waals surface area contributed by atoms with Crippen LogP contribution < -0.4 is 5.11 Å². The van der Waals surface area contributed by atoms with Crippen molar-refractivity contribution in [3.05, 3.63) is 11.8 Å². The summed E-state index contributed by atoms with van der Waals surface area (Å²) in [6, 6.07) is 0. The lowest BCUT2D eigenvalue weighted by atomic mass is 9.97. The van der Waals surface area contributed by atoms with E-state index < -0.39 is 23.8 Å². The molecule has 2 unspecified atom stereocenters. The van der Waals surface area contributed by atoms with Crippen molar-refractivity contribution in [1.29, 1.82) is 0 Å². The number of aliphatic hydroxyl groups excluding tert-OH is 2. The summed E-state index contributed by atoms with van der Waals surface area (Å²) >= 11 is 0. The van der Waals surface area contributed by atoms with Crippen LogP contribution in [-0.4, -0.2) is 60.2 Å². The summed E-state index contributed by atoms with van der Waals surface area (Å²) in [5, 5.41) is 31.5. The van der Waals surface area contributed by atoms with E-state index in [9.17, 15) is 24.9 Å². The Bertz CT molecular complexity index is 496. The molecule has 0 radical (unpaired) electrons. The minimum absolute atomic E-state index is 0.114. The highest BCUT2D eigenvalue weighted by Crippen LogP contribution is 2.16. The first kappa shape index (κ1) is 27.6. The Morgan fingerprint density at radius 2 is 1.34 bits per heavy atom. The molecule has 170 valence electrons. The molecule has 0 saturated carbocycles. The van der Waals surface area contributed by atoms with Crippen molar-refractivity contribution < 1.29 is 29.4 Å². The number of unbranched alkanes of at least 4 members (excludes halogenated alkanes) is 10. The van der Waals surface area contributed by atoms with E-state index in [0.29, 0.717) is 4.48 Å². The maximum atomic E-state index is 12.0. The first-order valence-electron chi connectivity index (χ1n) is 11.2. The minimum Gasteiger partial charge on any atom is -0.549 e. The highest BCUT2D eigenvalue weighted by molar-refractivity contribution is 5.90. The molecule has 0 aliphatic heterocycles. The molecule has 0 aromatic heterocycles. The first-order chi connectivity index (χ1) is 13.6. The quantitative estimate of drug-likeness (QED) is 0.156. The molecule has 0 fully saturated rings. The number of quaternary nitrogens is 1. The van der Waals surface area contributed by atoms with Gasteiger partial charge < -0.3 is 24.6 Å². The first-order valence-corrected chi connectivity index (χ1v) is 11.2. The topological polar surface area (TPSA) is 97.7 Å². The minimum atomic E-state index is -1.59. The number of carboxylic acids is 1. The third kappa shape index (κ3) is 15.1. The number of ketones is 1. The molecular formula is C23H43NO5. The lowest BCUT2D eigenvalue weighted by Gasteiger charge is -2.30. The van der Waals surface area contributed by atoms with Crippen LogP contribution in [0.1, 0.15) is 84.0 Å². The van der Waals surface area contributed by atoms with Crippen LogP contribution in [0.2, 0.25) is 0 Å². The molecule has 0 bridgehead atoms. The van der Waals surface area contributed by atoms with Gasteiger partial charge in [-0.15, -0.1) is 0 Å². The van der Waals surface area contributed by atoms with Crippen molar-refractivity contribution >= 4 is 11.8 Å². The third-order valence-electron chi connectivity index (χ3n) is 5.03. The van der Waals surface area contributed by atoms with E-state index in [-0.39, 0.29) is 18.7 Å². The molecule has 0 aliphatic carbocycles. The maximum Gasteiger partial charge on any atom is 0.159 e. The van der Waals surface area contributed by atoms with Crippen LogP contribution in [0.15, 0.2) is 11.8 Å². The standard InChI is InChI=1S/C23H43NO5/c1-5-6-7-8-9-10-11-12-13-14-15-16-19(25)17-20(26)22(23(28)29)21(27)18-24(2,3)4/h17,21-22,27H,5-16,18H2,1-4H3,(H-,25,26,28,29). The Hall–Kier alpha value is -1.40. The van der Waals surface area contributed by atoms with E-state index in [2.05, 4.69) is 6.92 Å². The van der Waals surface area contributed by atoms with Crippen molar-refractivity contribution in [3.8, 4) is 0 Å². The second-order valence-electron chi connectivity index (χ2n) is 9.16. The Kier molecular flexibility index (Phi) is 14.7. The molecule has 29 heavy (non-hydrogen) atoms. The second-order valence-corrected chi connectivity index (χ2v) is 9.16. The molecule has 0 saturated heterocycles. The van der Waals surface area contributed by atoms with Gasteiger partial charge in [-0.1, -0.05) is 71.1 Å². The van der Waals surface area contributed by atoms with Gasteiger partial charge in [-0.25, -0.2) is 0 Å². The van der Waals surface area contributed by atoms with Crippen LogP contribution in [0.3, 0.4) is 0 Å². The van der Waals surface area contributed by atoms with E-state index in [0.717, 1.165) is 25.3 Å². The fourth-order valence-electron chi connectivity index (χ4n) is 3.43. The van der Waals surface area contributed by atoms with Gasteiger partial charge in [0.15, 0.2) is 5.78 Å². The Morgan fingerprint density at radius 1 is 0.897 bits per heavy atom. The fourth-order valence-corrected chi connectivity index (χ4v) is 3.43. The number of allylic oxidation sites excluding steroid dienone is 1.